The molecular weight excluding hydrogens is 306 g/mol. The molecule has 0 aliphatic rings. The van der Waals surface area contributed by atoms with Gasteiger partial charge in [-0.05, 0) is 55.7 Å². The van der Waals surface area contributed by atoms with Crippen molar-refractivity contribution in [3.8, 4) is 5.75 Å². The Balaban J connectivity index is 1.67. The number of carbonyl (C=O) groups is 1. The number of hydrogen-bond donors (Lipinski definition) is 1. The molecule has 0 atom stereocenters. The third-order valence-corrected chi connectivity index (χ3v) is 4.27. The number of hydrogen-bond acceptors (Lipinski definition) is 3. The highest BCUT2D eigenvalue weighted by molar-refractivity contribution is 7.99. The molecule has 0 aromatic heterocycles. The Morgan fingerprint density at radius 1 is 1.09 bits per heavy atom. The lowest BCUT2D eigenvalue weighted by molar-refractivity contribution is -0.113. The van der Waals surface area contributed by atoms with E-state index in [9.17, 15) is 4.79 Å². The maximum atomic E-state index is 11.9. The standard InChI is InChI=1S/C19H23NO2S/c1-14-10-15(2)12-17(11-14)22-8-9-23-13-19(21)20-18-7-5-4-6-16(18)3/h4-7,10-12H,8-9,13H2,1-3H3,(H,20,21). The molecular formula is C19H23NO2S. The van der Waals surface area contributed by atoms with E-state index in [1.54, 1.807) is 11.8 Å². The van der Waals surface area contributed by atoms with Crippen LogP contribution in [0.2, 0.25) is 0 Å². The van der Waals surface area contributed by atoms with Crippen molar-refractivity contribution in [2.75, 3.05) is 23.4 Å². The van der Waals surface area contributed by atoms with Crippen LogP contribution < -0.4 is 10.1 Å². The van der Waals surface area contributed by atoms with Crippen LogP contribution in [-0.2, 0) is 4.79 Å². The van der Waals surface area contributed by atoms with Gasteiger partial charge in [-0.2, -0.15) is 0 Å². The van der Waals surface area contributed by atoms with Crippen LogP contribution in [0, 0.1) is 20.8 Å². The molecule has 3 nitrogen and oxygen atoms in total. The number of ether oxygens (including phenoxy) is 1. The first-order chi connectivity index (χ1) is 11.0. The first-order valence-corrected chi connectivity index (χ1v) is 8.84. The maximum absolute atomic E-state index is 11.9. The Bertz CT molecular complexity index is 650. The largest absolute Gasteiger partial charge is 0.493 e. The third-order valence-electron chi connectivity index (χ3n) is 3.34. The Morgan fingerprint density at radius 2 is 1.78 bits per heavy atom. The molecule has 23 heavy (non-hydrogen) atoms. The van der Waals surface area contributed by atoms with E-state index in [1.807, 2.05) is 43.3 Å². The summed E-state index contributed by atoms with van der Waals surface area (Å²) in [6, 6.07) is 14.0. The van der Waals surface area contributed by atoms with Gasteiger partial charge in [0.1, 0.15) is 5.75 Å². The summed E-state index contributed by atoms with van der Waals surface area (Å²) in [5.41, 5.74) is 4.35. The van der Waals surface area contributed by atoms with E-state index >= 15 is 0 Å². The normalized spacial score (nSPS) is 10.4. The molecule has 0 aliphatic heterocycles. The summed E-state index contributed by atoms with van der Waals surface area (Å²) in [5, 5.41) is 2.93. The molecule has 0 radical (unpaired) electrons. The second-order valence-electron chi connectivity index (χ2n) is 5.59. The van der Waals surface area contributed by atoms with Crippen molar-refractivity contribution in [2.24, 2.45) is 0 Å². The Morgan fingerprint density at radius 3 is 2.48 bits per heavy atom. The number of amides is 1. The maximum Gasteiger partial charge on any atom is 0.234 e. The summed E-state index contributed by atoms with van der Waals surface area (Å²) < 4.78 is 5.73. The highest BCUT2D eigenvalue weighted by atomic mass is 32.2. The van der Waals surface area contributed by atoms with Gasteiger partial charge >= 0.3 is 0 Å². The van der Waals surface area contributed by atoms with Crippen molar-refractivity contribution in [3.05, 3.63) is 59.2 Å². The minimum absolute atomic E-state index is 0.0238. The molecule has 0 fully saturated rings. The average molecular weight is 329 g/mol. The lowest BCUT2D eigenvalue weighted by atomic mass is 10.1. The molecule has 1 amide bonds. The van der Waals surface area contributed by atoms with E-state index < -0.39 is 0 Å². The first-order valence-electron chi connectivity index (χ1n) is 7.69. The van der Waals surface area contributed by atoms with Gasteiger partial charge < -0.3 is 10.1 Å². The van der Waals surface area contributed by atoms with Crippen molar-refractivity contribution < 1.29 is 9.53 Å². The summed E-state index contributed by atoms with van der Waals surface area (Å²) >= 11 is 1.58. The zero-order chi connectivity index (χ0) is 16.7. The van der Waals surface area contributed by atoms with Crippen LogP contribution in [-0.4, -0.2) is 24.0 Å². The Hall–Kier alpha value is -1.94. The summed E-state index contributed by atoms with van der Waals surface area (Å²) in [5.74, 6) is 2.14. The van der Waals surface area contributed by atoms with Gasteiger partial charge in [-0.1, -0.05) is 24.3 Å². The van der Waals surface area contributed by atoms with E-state index in [0.717, 1.165) is 22.8 Å². The molecule has 2 aromatic rings. The lowest BCUT2D eigenvalue weighted by Gasteiger charge is -2.09. The van der Waals surface area contributed by atoms with Crippen molar-refractivity contribution >= 4 is 23.4 Å². The lowest BCUT2D eigenvalue weighted by Crippen LogP contribution is -2.15. The van der Waals surface area contributed by atoms with Crippen molar-refractivity contribution in [1.82, 2.24) is 0 Å². The summed E-state index contributed by atoms with van der Waals surface area (Å²) in [4.78, 5) is 11.9. The molecule has 1 N–H and O–H groups in total. The van der Waals surface area contributed by atoms with Crippen molar-refractivity contribution in [1.29, 1.82) is 0 Å². The predicted molar refractivity (Wildman–Crippen MR) is 98.5 cm³/mol. The molecule has 0 unspecified atom stereocenters. The second-order valence-corrected chi connectivity index (χ2v) is 6.69. The highest BCUT2D eigenvalue weighted by Crippen LogP contribution is 2.17. The Labute approximate surface area is 142 Å². The fourth-order valence-corrected chi connectivity index (χ4v) is 2.90. The van der Waals surface area contributed by atoms with Crippen LogP contribution in [0.15, 0.2) is 42.5 Å². The fraction of sp³-hybridized carbons (Fsp3) is 0.316. The van der Waals surface area contributed by atoms with Gasteiger partial charge in [-0.3, -0.25) is 4.79 Å². The quantitative estimate of drug-likeness (QED) is 0.767. The molecule has 0 aliphatic carbocycles. The zero-order valence-corrected chi connectivity index (χ0v) is 14.7. The van der Waals surface area contributed by atoms with E-state index in [0.29, 0.717) is 12.4 Å². The molecule has 4 heteroatoms. The topological polar surface area (TPSA) is 38.3 Å². The van der Waals surface area contributed by atoms with Crippen molar-refractivity contribution in [3.63, 3.8) is 0 Å². The SMILES string of the molecule is Cc1cc(C)cc(OCCSCC(=O)Nc2ccccc2C)c1. The van der Waals surface area contributed by atoms with Crippen LogP contribution in [0.5, 0.6) is 5.75 Å². The summed E-state index contributed by atoms with van der Waals surface area (Å²) in [6.45, 7) is 6.71. The molecule has 0 saturated heterocycles. The molecule has 0 heterocycles. The molecule has 0 saturated carbocycles. The monoisotopic (exact) mass is 329 g/mol. The van der Waals surface area contributed by atoms with E-state index in [2.05, 4.69) is 25.2 Å². The van der Waals surface area contributed by atoms with E-state index in [1.165, 1.54) is 11.1 Å². The highest BCUT2D eigenvalue weighted by Gasteiger charge is 2.04. The number of thioether (sulfide) groups is 1. The number of carbonyl (C=O) groups excluding carboxylic acids is 1. The minimum Gasteiger partial charge on any atom is -0.493 e. The smallest absolute Gasteiger partial charge is 0.234 e. The van der Waals surface area contributed by atoms with E-state index in [4.69, 9.17) is 4.74 Å². The number of benzene rings is 2. The average Bonchev–Trinajstić information content (AvgIpc) is 2.48. The van der Waals surface area contributed by atoms with Crippen LogP contribution in [0.4, 0.5) is 5.69 Å². The van der Waals surface area contributed by atoms with Gasteiger partial charge in [0.2, 0.25) is 5.91 Å². The van der Waals surface area contributed by atoms with Gasteiger partial charge in [-0.25, -0.2) is 0 Å². The van der Waals surface area contributed by atoms with Crippen LogP contribution in [0.25, 0.3) is 0 Å². The zero-order valence-electron chi connectivity index (χ0n) is 13.9. The molecule has 122 valence electrons. The van der Waals surface area contributed by atoms with Gasteiger partial charge in [0, 0.05) is 11.4 Å². The van der Waals surface area contributed by atoms with Crippen LogP contribution in [0.3, 0.4) is 0 Å². The summed E-state index contributed by atoms with van der Waals surface area (Å²) in [6.07, 6.45) is 0. The van der Waals surface area contributed by atoms with Gasteiger partial charge in [0.15, 0.2) is 0 Å². The minimum atomic E-state index is 0.0238. The number of aryl methyl sites for hydroxylation is 3. The number of nitrogens with one attached hydrogen (secondary N) is 1. The van der Waals surface area contributed by atoms with Crippen LogP contribution in [0.1, 0.15) is 16.7 Å². The first kappa shape index (κ1) is 17.4. The molecule has 2 aromatic carbocycles. The molecule has 0 bridgehead atoms. The number of para-hydroxylation sites is 1. The summed E-state index contributed by atoms with van der Waals surface area (Å²) in [7, 11) is 0. The fourth-order valence-electron chi connectivity index (χ4n) is 2.30. The Kier molecular flexibility index (Phi) is 6.53. The van der Waals surface area contributed by atoms with Gasteiger partial charge in [0.25, 0.3) is 0 Å². The van der Waals surface area contributed by atoms with E-state index in [-0.39, 0.29) is 5.91 Å². The number of rotatable bonds is 7. The predicted octanol–water partition coefficient (Wildman–Crippen LogP) is 4.36. The molecule has 0 spiro atoms. The van der Waals surface area contributed by atoms with Crippen LogP contribution >= 0.6 is 11.8 Å². The van der Waals surface area contributed by atoms with Crippen molar-refractivity contribution in [2.45, 2.75) is 20.8 Å². The molecule has 2 rings (SSSR count). The van der Waals surface area contributed by atoms with Gasteiger partial charge in [-0.15, -0.1) is 11.8 Å². The number of anilines is 1. The van der Waals surface area contributed by atoms with Gasteiger partial charge in [0.05, 0.1) is 12.4 Å². The second kappa shape index (κ2) is 8.63. The third kappa shape index (κ3) is 5.99.